The molecular formula is C13H19BrN2O4S. The van der Waals surface area contributed by atoms with Gasteiger partial charge in [0.05, 0.1) is 13.7 Å². The van der Waals surface area contributed by atoms with Crippen molar-refractivity contribution in [2.75, 3.05) is 26.0 Å². The van der Waals surface area contributed by atoms with Crippen LogP contribution in [0.4, 0.5) is 5.69 Å². The first-order valence-electron chi connectivity index (χ1n) is 6.67. The number of ether oxygens (including phenoxy) is 1. The van der Waals surface area contributed by atoms with Crippen LogP contribution in [0.25, 0.3) is 0 Å². The standard InChI is InChI=1S/C13H19BrN2O4S/c1-20-12-6-10(14)11(15)7-13(12)21(18,19)16-5-3-2-4-9(16)8-17/h6-7,9,17H,2-5,8,15H2,1H3. The number of sulfonamides is 1. The molecule has 0 spiro atoms. The topological polar surface area (TPSA) is 92.9 Å². The van der Waals surface area contributed by atoms with Crippen LogP contribution in [0.1, 0.15) is 19.3 Å². The summed E-state index contributed by atoms with van der Waals surface area (Å²) in [4.78, 5) is 0.0334. The van der Waals surface area contributed by atoms with Crippen molar-refractivity contribution in [2.45, 2.75) is 30.2 Å². The number of nitrogens with two attached hydrogens (primary N) is 1. The number of halogens is 1. The average Bonchev–Trinajstić information content (AvgIpc) is 2.49. The van der Waals surface area contributed by atoms with E-state index in [1.165, 1.54) is 17.5 Å². The molecule has 1 aromatic rings. The summed E-state index contributed by atoms with van der Waals surface area (Å²) in [7, 11) is -2.34. The molecule has 3 N–H and O–H groups in total. The van der Waals surface area contributed by atoms with Gasteiger partial charge in [0.1, 0.15) is 10.6 Å². The second kappa shape index (κ2) is 6.51. The molecule has 1 heterocycles. The fourth-order valence-corrected chi connectivity index (χ4v) is 4.69. The van der Waals surface area contributed by atoms with E-state index in [1.807, 2.05) is 0 Å². The van der Waals surface area contributed by atoms with Crippen molar-refractivity contribution in [3.8, 4) is 5.75 Å². The Balaban J connectivity index is 2.50. The number of hydrogen-bond donors (Lipinski definition) is 2. The summed E-state index contributed by atoms with van der Waals surface area (Å²) >= 11 is 3.26. The number of anilines is 1. The maximum absolute atomic E-state index is 12.9. The molecule has 0 radical (unpaired) electrons. The molecule has 1 unspecified atom stereocenters. The predicted octanol–water partition coefficient (Wildman–Crippen LogP) is 1.58. The number of piperidine rings is 1. The van der Waals surface area contributed by atoms with Gasteiger partial charge < -0.3 is 15.6 Å². The Labute approximate surface area is 133 Å². The molecule has 8 heteroatoms. The smallest absolute Gasteiger partial charge is 0.247 e. The van der Waals surface area contributed by atoms with E-state index in [2.05, 4.69) is 15.9 Å². The number of rotatable bonds is 4. The van der Waals surface area contributed by atoms with Crippen molar-refractivity contribution in [1.29, 1.82) is 0 Å². The minimum absolute atomic E-state index is 0.0334. The van der Waals surface area contributed by atoms with Gasteiger partial charge >= 0.3 is 0 Å². The van der Waals surface area contributed by atoms with Crippen molar-refractivity contribution in [3.05, 3.63) is 16.6 Å². The molecule has 0 saturated carbocycles. The number of nitrogens with zero attached hydrogens (tertiary/aromatic N) is 1. The maximum Gasteiger partial charge on any atom is 0.247 e. The van der Waals surface area contributed by atoms with Gasteiger partial charge in [-0.2, -0.15) is 4.31 Å². The van der Waals surface area contributed by atoms with Gasteiger partial charge in [-0.3, -0.25) is 0 Å². The molecule has 21 heavy (non-hydrogen) atoms. The maximum atomic E-state index is 12.9. The highest BCUT2D eigenvalue weighted by Gasteiger charge is 2.35. The zero-order valence-electron chi connectivity index (χ0n) is 11.8. The fourth-order valence-electron chi connectivity index (χ4n) is 2.51. The SMILES string of the molecule is COc1cc(Br)c(N)cc1S(=O)(=O)N1CCCCC1CO. The van der Waals surface area contributed by atoms with E-state index >= 15 is 0 Å². The molecule has 1 aromatic carbocycles. The molecule has 0 aliphatic carbocycles. The van der Waals surface area contributed by atoms with E-state index in [0.717, 1.165) is 12.8 Å². The van der Waals surface area contributed by atoms with Gasteiger partial charge in [-0.05, 0) is 40.9 Å². The third kappa shape index (κ3) is 3.18. The first-order chi connectivity index (χ1) is 9.91. The largest absolute Gasteiger partial charge is 0.495 e. The average molecular weight is 379 g/mol. The normalized spacial score (nSPS) is 20.4. The molecule has 0 aromatic heterocycles. The van der Waals surface area contributed by atoms with E-state index in [9.17, 15) is 13.5 Å². The van der Waals surface area contributed by atoms with E-state index in [0.29, 0.717) is 23.1 Å². The minimum atomic E-state index is -3.76. The Morgan fingerprint density at radius 2 is 2.19 bits per heavy atom. The van der Waals surface area contributed by atoms with Gasteiger partial charge in [-0.25, -0.2) is 8.42 Å². The number of hydrogen-bond acceptors (Lipinski definition) is 5. The third-order valence-electron chi connectivity index (χ3n) is 3.65. The number of methoxy groups -OCH3 is 1. The van der Waals surface area contributed by atoms with Crippen molar-refractivity contribution >= 4 is 31.6 Å². The Hall–Kier alpha value is -0.830. The van der Waals surface area contributed by atoms with Crippen LogP contribution in [-0.2, 0) is 10.0 Å². The molecular weight excluding hydrogens is 360 g/mol. The Morgan fingerprint density at radius 3 is 2.81 bits per heavy atom. The highest BCUT2D eigenvalue weighted by atomic mass is 79.9. The number of aliphatic hydroxyl groups is 1. The molecule has 1 atom stereocenters. The Bertz CT molecular complexity index is 621. The quantitative estimate of drug-likeness (QED) is 0.775. The molecule has 0 amide bonds. The van der Waals surface area contributed by atoms with Crippen molar-refractivity contribution in [3.63, 3.8) is 0 Å². The summed E-state index contributed by atoms with van der Waals surface area (Å²) in [6.07, 6.45) is 2.35. The van der Waals surface area contributed by atoms with Crippen LogP contribution in [0.2, 0.25) is 0 Å². The van der Waals surface area contributed by atoms with Gasteiger partial charge in [-0.1, -0.05) is 6.42 Å². The van der Waals surface area contributed by atoms with Crippen LogP contribution >= 0.6 is 15.9 Å². The molecule has 2 rings (SSSR count). The first kappa shape index (κ1) is 16.5. The van der Waals surface area contributed by atoms with Crippen LogP contribution < -0.4 is 10.5 Å². The van der Waals surface area contributed by atoms with Gasteiger partial charge in [-0.15, -0.1) is 0 Å². The first-order valence-corrected chi connectivity index (χ1v) is 8.90. The van der Waals surface area contributed by atoms with Crippen LogP contribution in [0.5, 0.6) is 5.75 Å². The third-order valence-corrected chi connectivity index (χ3v) is 6.31. The molecule has 6 nitrogen and oxygen atoms in total. The second-order valence-corrected chi connectivity index (χ2v) is 7.69. The van der Waals surface area contributed by atoms with Gasteiger partial charge in [0, 0.05) is 22.7 Å². The van der Waals surface area contributed by atoms with E-state index in [-0.39, 0.29) is 17.3 Å². The molecule has 1 saturated heterocycles. The van der Waals surface area contributed by atoms with Crippen LogP contribution in [-0.4, -0.2) is 44.1 Å². The molecule has 1 fully saturated rings. The summed E-state index contributed by atoms with van der Waals surface area (Å²) in [5.41, 5.74) is 6.13. The van der Waals surface area contributed by atoms with E-state index < -0.39 is 16.1 Å². The summed E-state index contributed by atoms with van der Waals surface area (Å²) < 4.78 is 32.8. The number of nitrogen functional groups attached to an aromatic ring is 1. The van der Waals surface area contributed by atoms with Crippen molar-refractivity contribution in [1.82, 2.24) is 4.31 Å². The van der Waals surface area contributed by atoms with Gasteiger partial charge in [0.25, 0.3) is 0 Å². The lowest BCUT2D eigenvalue weighted by Crippen LogP contribution is -2.45. The number of benzene rings is 1. The van der Waals surface area contributed by atoms with Gasteiger partial charge in [0.15, 0.2) is 0 Å². The predicted molar refractivity (Wildman–Crippen MR) is 83.7 cm³/mol. The Kier molecular flexibility index (Phi) is 5.13. The van der Waals surface area contributed by atoms with Gasteiger partial charge in [0.2, 0.25) is 10.0 Å². The summed E-state index contributed by atoms with van der Waals surface area (Å²) in [6, 6.07) is 2.54. The molecule has 1 aliphatic heterocycles. The van der Waals surface area contributed by atoms with Crippen molar-refractivity contribution < 1.29 is 18.3 Å². The molecule has 1 aliphatic rings. The minimum Gasteiger partial charge on any atom is -0.495 e. The highest BCUT2D eigenvalue weighted by Crippen LogP contribution is 2.35. The van der Waals surface area contributed by atoms with Crippen LogP contribution in [0.3, 0.4) is 0 Å². The summed E-state index contributed by atoms with van der Waals surface area (Å²) in [5, 5.41) is 9.43. The lowest BCUT2D eigenvalue weighted by atomic mass is 10.1. The lowest BCUT2D eigenvalue weighted by Gasteiger charge is -2.33. The summed E-state index contributed by atoms with van der Waals surface area (Å²) in [5.74, 6) is 0.235. The highest BCUT2D eigenvalue weighted by molar-refractivity contribution is 9.10. The summed E-state index contributed by atoms with van der Waals surface area (Å²) in [6.45, 7) is 0.209. The lowest BCUT2D eigenvalue weighted by molar-refractivity contribution is 0.155. The molecule has 118 valence electrons. The Morgan fingerprint density at radius 1 is 1.48 bits per heavy atom. The monoisotopic (exact) mass is 378 g/mol. The fraction of sp³-hybridized carbons (Fsp3) is 0.538. The van der Waals surface area contributed by atoms with Crippen LogP contribution in [0, 0.1) is 0 Å². The zero-order chi connectivity index (χ0) is 15.6. The van der Waals surface area contributed by atoms with E-state index in [4.69, 9.17) is 10.5 Å². The number of aliphatic hydroxyl groups excluding tert-OH is 1. The van der Waals surface area contributed by atoms with E-state index in [1.54, 1.807) is 6.07 Å². The van der Waals surface area contributed by atoms with Crippen molar-refractivity contribution in [2.24, 2.45) is 0 Å². The second-order valence-electron chi connectivity index (χ2n) is 4.97. The van der Waals surface area contributed by atoms with Crippen LogP contribution in [0.15, 0.2) is 21.5 Å². The zero-order valence-corrected chi connectivity index (χ0v) is 14.2. The molecule has 0 bridgehead atoms.